The number of carbonyl (C=O) groups excluding carboxylic acids is 1. The number of nitrogens with zero attached hydrogens (tertiary/aromatic N) is 4. The molecule has 1 aliphatic heterocycles. The van der Waals surface area contributed by atoms with E-state index in [0.29, 0.717) is 17.1 Å². The Labute approximate surface area is 137 Å². The van der Waals surface area contributed by atoms with Crippen LogP contribution in [0.15, 0.2) is 36.0 Å². The van der Waals surface area contributed by atoms with Gasteiger partial charge in [0.25, 0.3) is 0 Å². The summed E-state index contributed by atoms with van der Waals surface area (Å²) < 4.78 is 15.1. The van der Waals surface area contributed by atoms with Gasteiger partial charge in [0.2, 0.25) is 5.91 Å². The van der Waals surface area contributed by atoms with Crippen LogP contribution in [0.4, 0.5) is 10.2 Å². The van der Waals surface area contributed by atoms with E-state index >= 15 is 0 Å². The molecule has 5 nitrogen and oxygen atoms in total. The normalized spacial score (nSPS) is 13.7. The third-order valence-corrected chi connectivity index (χ3v) is 3.87. The molecule has 0 fully saturated rings. The van der Waals surface area contributed by atoms with Gasteiger partial charge in [-0.15, -0.1) is 11.6 Å². The first-order valence-electron chi connectivity index (χ1n) is 6.87. The van der Waals surface area contributed by atoms with Crippen molar-refractivity contribution >= 4 is 29.0 Å². The maximum atomic E-state index is 13.6. The lowest BCUT2D eigenvalue weighted by Gasteiger charge is -2.30. The minimum atomic E-state index is -0.365. The predicted molar refractivity (Wildman–Crippen MR) is 84.4 cm³/mol. The number of hydrogen-bond donors (Lipinski definition) is 0. The van der Waals surface area contributed by atoms with Crippen LogP contribution >= 0.6 is 11.6 Å². The monoisotopic (exact) mass is 330 g/mol. The number of carbonyl (C=O) groups is 1. The van der Waals surface area contributed by atoms with E-state index < -0.39 is 0 Å². The summed E-state index contributed by atoms with van der Waals surface area (Å²) in [6.45, 7) is 2.11. The van der Waals surface area contributed by atoms with Crippen LogP contribution in [0.2, 0.25) is 0 Å². The summed E-state index contributed by atoms with van der Waals surface area (Å²) in [5.74, 6) is -0.514. The molecule has 0 bridgehead atoms. The lowest BCUT2D eigenvalue weighted by atomic mass is 10.0. The number of aromatic nitrogens is 2. The van der Waals surface area contributed by atoms with Gasteiger partial charge in [0, 0.05) is 5.56 Å². The Morgan fingerprint density at radius 2 is 2.30 bits per heavy atom. The molecule has 2 aromatic rings. The van der Waals surface area contributed by atoms with Gasteiger partial charge in [-0.3, -0.25) is 9.69 Å². The van der Waals surface area contributed by atoms with E-state index in [0.717, 1.165) is 5.57 Å². The van der Waals surface area contributed by atoms with Gasteiger partial charge >= 0.3 is 0 Å². The largest absolute Gasteiger partial charge is 0.290 e. The molecule has 7 heteroatoms. The van der Waals surface area contributed by atoms with Crippen LogP contribution < -0.4 is 4.90 Å². The Morgan fingerprint density at radius 3 is 2.96 bits per heavy atom. The molecular formula is C16H12ClFN4O. The first kappa shape index (κ1) is 15.3. The van der Waals surface area contributed by atoms with Crippen LogP contribution in [0.3, 0.4) is 0 Å². The summed E-state index contributed by atoms with van der Waals surface area (Å²) in [6, 6.07) is 8.15. The average Bonchev–Trinajstić information content (AvgIpc) is 2.96. The summed E-state index contributed by atoms with van der Waals surface area (Å²) >= 11 is 5.67. The predicted octanol–water partition coefficient (Wildman–Crippen LogP) is 2.76. The molecule has 1 amide bonds. The maximum Gasteiger partial charge on any atom is 0.243 e. The number of alkyl halides is 1. The minimum Gasteiger partial charge on any atom is -0.290 e. The molecule has 0 saturated heterocycles. The number of anilines is 1. The molecule has 3 rings (SSSR count). The molecule has 1 aromatic carbocycles. The second-order valence-electron chi connectivity index (χ2n) is 5.16. The fraction of sp³-hybridized carbons (Fsp3) is 0.188. The SMILES string of the molecule is CC1=C(c2cccc(F)c2)n2ncc(C#N)c2N(C(=O)CCl)C1. The van der Waals surface area contributed by atoms with Crippen molar-refractivity contribution in [2.75, 3.05) is 17.3 Å². The van der Waals surface area contributed by atoms with Crippen molar-refractivity contribution in [3.63, 3.8) is 0 Å². The number of nitriles is 1. The van der Waals surface area contributed by atoms with E-state index in [-0.39, 0.29) is 29.7 Å². The van der Waals surface area contributed by atoms with Gasteiger partial charge in [0.1, 0.15) is 23.3 Å². The number of hydrogen-bond acceptors (Lipinski definition) is 3. The quantitative estimate of drug-likeness (QED) is 0.795. The van der Waals surface area contributed by atoms with Gasteiger partial charge < -0.3 is 0 Å². The van der Waals surface area contributed by atoms with Crippen LogP contribution in [0, 0.1) is 17.1 Å². The summed E-state index contributed by atoms with van der Waals surface area (Å²) in [5, 5.41) is 13.5. The second-order valence-corrected chi connectivity index (χ2v) is 5.43. The molecule has 0 unspecified atom stereocenters. The minimum absolute atomic E-state index is 0.196. The van der Waals surface area contributed by atoms with Crippen molar-refractivity contribution in [2.24, 2.45) is 0 Å². The molecule has 0 spiro atoms. The number of halogens is 2. The standard InChI is InChI=1S/C16H12ClFN4O/c1-10-9-21(14(23)6-17)16-12(7-19)8-20-22(16)15(10)11-3-2-4-13(18)5-11/h2-5,8H,6,9H2,1H3. The molecule has 2 heterocycles. The summed E-state index contributed by atoms with van der Waals surface area (Å²) in [4.78, 5) is 13.5. The lowest BCUT2D eigenvalue weighted by Crippen LogP contribution is -2.38. The third-order valence-electron chi connectivity index (χ3n) is 3.64. The molecule has 0 radical (unpaired) electrons. The van der Waals surface area contributed by atoms with Crippen molar-refractivity contribution in [1.29, 1.82) is 5.26 Å². The maximum absolute atomic E-state index is 13.6. The highest BCUT2D eigenvalue weighted by Gasteiger charge is 2.30. The average molecular weight is 331 g/mol. The topological polar surface area (TPSA) is 61.9 Å². The smallest absolute Gasteiger partial charge is 0.243 e. The van der Waals surface area contributed by atoms with Crippen molar-refractivity contribution in [1.82, 2.24) is 9.78 Å². The summed E-state index contributed by atoms with van der Waals surface area (Å²) in [5.41, 5.74) is 2.40. The zero-order chi connectivity index (χ0) is 16.6. The van der Waals surface area contributed by atoms with Crippen molar-refractivity contribution in [3.05, 3.63) is 53.0 Å². The molecule has 0 N–H and O–H groups in total. The van der Waals surface area contributed by atoms with Gasteiger partial charge in [0.05, 0.1) is 18.4 Å². The Bertz CT molecular complexity index is 865. The Morgan fingerprint density at radius 1 is 1.52 bits per heavy atom. The Hall–Kier alpha value is -2.65. The molecule has 1 aliphatic rings. The fourth-order valence-corrected chi connectivity index (χ4v) is 2.84. The van der Waals surface area contributed by atoms with Crippen molar-refractivity contribution < 1.29 is 9.18 Å². The van der Waals surface area contributed by atoms with Crippen molar-refractivity contribution in [2.45, 2.75) is 6.92 Å². The van der Waals surface area contributed by atoms with Gasteiger partial charge in [-0.2, -0.15) is 10.4 Å². The van der Waals surface area contributed by atoms with Gasteiger partial charge in [-0.05, 0) is 24.6 Å². The van der Waals surface area contributed by atoms with Crippen LogP contribution in [0.5, 0.6) is 0 Å². The van der Waals surface area contributed by atoms with Crippen LogP contribution in [0.25, 0.3) is 5.70 Å². The summed E-state index contributed by atoms with van der Waals surface area (Å²) in [7, 11) is 0. The van der Waals surface area contributed by atoms with Gasteiger partial charge in [0.15, 0.2) is 5.82 Å². The first-order valence-corrected chi connectivity index (χ1v) is 7.40. The second kappa shape index (κ2) is 5.86. The fourth-order valence-electron chi connectivity index (χ4n) is 2.69. The Kier molecular flexibility index (Phi) is 3.89. The van der Waals surface area contributed by atoms with Gasteiger partial charge in [-0.25, -0.2) is 9.07 Å². The molecule has 0 saturated carbocycles. The molecule has 116 valence electrons. The van der Waals surface area contributed by atoms with E-state index in [1.165, 1.54) is 27.9 Å². The third kappa shape index (κ3) is 2.49. The zero-order valence-corrected chi connectivity index (χ0v) is 13.0. The summed E-state index contributed by atoms with van der Waals surface area (Å²) in [6.07, 6.45) is 1.39. The zero-order valence-electron chi connectivity index (χ0n) is 12.3. The Balaban J connectivity index is 2.22. The van der Waals surface area contributed by atoms with Crippen LogP contribution in [-0.2, 0) is 4.79 Å². The highest BCUT2D eigenvalue weighted by atomic mass is 35.5. The number of fused-ring (bicyclic) bond motifs is 1. The van der Waals surface area contributed by atoms with E-state index in [1.807, 2.05) is 13.0 Å². The van der Waals surface area contributed by atoms with Crippen molar-refractivity contribution in [3.8, 4) is 6.07 Å². The highest BCUT2D eigenvalue weighted by molar-refractivity contribution is 6.29. The van der Waals surface area contributed by atoms with Crippen LogP contribution in [0.1, 0.15) is 18.1 Å². The number of amides is 1. The van der Waals surface area contributed by atoms with Gasteiger partial charge in [-0.1, -0.05) is 12.1 Å². The van der Waals surface area contributed by atoms with E-state index in [4.69, 9.17) is 11.6 Å². The van der Waals surface area contributed by atoms with E-state index in [1.54, 1.807) is 12.1 Å². The molecular weight excluding hydrogens is 319 g/mol. The van der Waals surface area contributed by atoms with Crippen LogP contribution in [-0.4, -0.2) is 28.1 Å². The first-order chi connectivity index (χ1) is 11.1. The highest BCUT2D eigenvalue weighted by Crippen LogP contribution is 2.34. The molecule has 1 aromatic heterocycles. The molecule has 23 heavy (non-hydrogen) atoms. The van der Waals surface area contributed by atoms with E-state index in [2.05, 4.69) is 5.10 Å². The molecule has 0 aliphatic carbocycles. The number of rotatable bonds is 2. The molecule has 0 atom stereocenters. The van der Waals surface area contributed by atoms with E-state index in [9.17, 15) is 14.4 Å². The lowest BCUT2D eigenvalue weighted by molar-refractivity contribution is -0.116. The number of benzene rings is 1.